The molecule has 1 rings (SSSR count). The lowest BCUT2D eigenvalue weighted by Gasteiger charge is -2.24. The van der Waals surface area contributed by atoms with Crippen LogP contribution in [-0.2, 0) is 4.79 Å². The maximum absolute atomic E-state index is 11.8. The summed E-state index contributed by atoms with van der Waals surface area (Å²) in [5, 5.41) is 12.8. The maximum Gasteiger partial charge on any atom is 0.234 e. The zero-order valence-corrected chi connectivity index (χ0v) is 13.3. The first-order valence-electron chi connectivity index (χ1n) is 7.12. The SMILES string of the molecule is CN(CC(=O)NC(C)(C)C)CC(O)COc1ccccc1. The Labute approximate surface area is 126 Å². The van der Waals surface area contributed by atoms with Crippen LogP contribution in [0.25, 0.3) is 0 Å². The lowest BCUT2D eigenvalue weighted by atomic mass is 10.1. The molecular formula is C16H26N2O3. The number of amides is 1. The van der Waals surface area contributed by atoms with Crippen molar-refractivity contribution in [2.45, 2.75) is 32.4 Å². The quantitative estimate of drug-likeness (QED) is 0.795. The average Bonchev–Trinajstić information content (AvgIpc) is 2.35. The van der Waals surface area contributed by atoms with Gasteiger partial charge in [-0.15, -0.1) is 0 Å². The number of aliphatic hydroxyl groups excluding tert-OH is 1. The van der Waals surface area contributed by atoms with Gasteiger partial charge >= 0.3 is 0 Å². The van der Waals surface area contributed by atoms with E-state index in [0.717, 1.165) is 5.75 Å². The van der Waals surface area contributed by atoms with Crippen LogP contribution >= 0.6 is 0 Å². The minimum atomic E-state index is -0.641. The van der Waals surface area contributed by atoms with Gasteiger partial charge in [-0.1, -0.05) is 18.2 Å². The molecular weight excluding hydrogens is 268 g/mol. The van der Waals surface area contributed by atoms with Crippen molar-refractivity contribution in [2.24, 2.45) is 0 Å². The highest BCUT2D eigenvalue weighted by atomic mass is 16.5. The lowest BCUT2D eigenvalue weighted by Crippen LogP contribution is -2.46. The molecule has 1 aromatic carbocycles. The molecule has 5 nitrogen and oxygen atoms in total. The van der Waals surface area contributed by atoms with E-state index in [4.69, 9.17) is 4.74 Å². The van der Waals surface area contributed by atoms with Crippen LogP contribution in [0.4, 0.5) is 0 Å². The maximum atomic E-state index is 11.8. The first-order valence-corrected chi connectivity index (χ1v) is 7.12. The topological polar surface area (TPSA) is 61.8 Å². The predicted octanol–water partition coefficient (Wildman–Crippen LogP) is 1.27. The van der Waals surface area contributed by atoms with E-state index in [2.05, 4.69) is 5.32 Å². The van der Waals surface area contributed by atoms with Crippen molar-refractivity contribution < 1.29 is 14.6 Å². The van der Waals surface area contributed by atoms with E-state index in [9.17, 15) is 9.90 Å². The minimum Gasteiger partial charge on any atom is -0.491 e. The van der Waals surface area contributed by atoms with E-state index in [0.29, 0.717) is 6.54 Å². The van der Waals surface area contributed by atoms with Crippen LogP contribution in [0, 0.1) is 0 Å². The number of para-hydroxylation sites is 1. The number of ether oxygens (including phenoxy) is 1. The van der Waals surface area contributed by atoms with Crippen LogP contribution in [0.1, 0.15) is 20.8 Å². The van der Waals surface area contributed by atoms with Crippen LogP contribution in [0.3, 0.4) is 0 Å². The summed E-state index contributed by atoms with van der Waals surface area (Å²) in [4.78, 5) is 13.5. The first kappa shape index (κ1) is 17.5. The van der Waals surface area contributed by atoms with Crippen molar-refractivity contribution in [1.29, 1.82) is 0 Å². The van der Waals surface area contributed by atoms with E-state index < -0.39 is 6.10 Å². The molecule has 0 bridgehead atoms. The number of rotatable bonds is 7. The largest absolute Gasteiger partial charge is 0.491 e. The molecule has 1 aromatic rings. The van der Waals surface area contributed by atoms with Gasteiger partial charge in [0.25, 0.3) is 0 Å². The second-order valence-electron chi connectivity index (χ2n) is 6.27. The van der Waals surface area contributed by atoms with E-state index >= 15 is 0 Å². The Hall–Kier alpha value is -1.59. The molecule has 2 N–H and O–H groups in total. The fraction of sp³-hybridized carbons (Fsp3) is 0.562. The zero-order chi connectivity index (χ0) is 15.9. The summed E-state index contributed by atoms with van der Waals surface area (Å²) in [6.45, 7) is 6.65. The van der Waals surface area contributed by atoms with Gasteiger partial charge in [-0.25, -0.2) is 0 Å². The summed E-state index contributed by atoms with van der Waals surface area (Å²) in [5.41, 5.74) is -0.243. The molecule has 0 spiro atoms. The number of likely N-dealkylation sites (N-methyl/N-ethyl adjacent to an activating group) is 1. The number of hydrogen-bond acceptors (Lipinski definition) is 4. The monoisotopic (exact) mass is 294 g/mol. The highest BCUT2D eigenvalue weighted by Gasteiger charge is 2.16. The number of hydrogen-bond donors (Lipinski definition) is 2. The van der Waals surface area contributed by atoms with Gasteiger partial charge in [0.2, 0.25) is 5.91 Å². The number of nitrogens with one attached hydrogen (secondary N) is 1. The zero-order valence-electron chi connectivity index (χ0n) is 13.3. The number of carbonyl (C=O) groups is 1. The Morgan fingerprint density at radius 3 is 2.52 bits per heavy atom. The normalized spacial score (nSPS) is 13.0. The van der Waals surface area contributed by atoms with E-state index in [1.807, 2.05) is 51.1 Å². The molecule has 0 heterocycles. The highest BCUT2D eigenvalue weighted by molar-refractivity contribution is 5.78. The molecule has 5 heteroatoms. The molecule has 0 aliphatic rings. The number of carbonyl (C=O) groups excluding carboxylic acids is 1. The third-order valence-corrected chi connectivity index (χ3v) is 2.64. The van der Waals surface area contributed by atoms with Crippen LogP contribution in [-0.4, -0.2) is 54.3 Å². The van der Waals surface area contributed by atoms with Gasteiger partial charge in [-0.2, -0.15) is 0 Å². The Morgan fingerprint density at radius 1 is 1.33 bits per heavy atom. The first-order chi connectivity index (χ1) is 9.76. The van der Waals surface area contributed by atoms with Crippen molar-refractivity contribution in [2.75, 3.05) is 26.7 Å². The predicted molar refractivity (Wildman–Crippen MR) is 83.3 cm³/mol. The molecule has 1 atom stereocenters. The van der Waals surface area contributed by atoms with Crippen LogP contribution in [0.2, 0.25) is 0 Å². The fourth-order valence-electron chi connectivity index (χ4n) is 1.89. The molecule has 0 aliphatic carbocycles. The van der Waals surface area contributed by atoms with Gasteiger partial charge < -0.3 is 15.2 Å². The van der Waals surface area contributed by atoms with Gasteiger partial charge in [0.05, 0.1) is 6.54 Å². The Bertz CT molecular complexity index is 429. The molecule has 0 aromatic heterocycles. The van der Waals surface area contributed by atoms with Crippen molar-refractivity contribution in [3.63, 3.8) is 0 Å². The molecule has 0 aliphatic heterocycles. The molecule has 0 saturated heterocycles. The highest BCUT2D eigenvalue weighted by Crippen LogP contribution is 2.08. The Kier molecular flexibility index (Phi) is 6.65. The second kappa shape index (κ2) is 8.00. The molecule has 0 saturated carbocycles. The number of aliphatic hydroxyl groups is 1. The van der Waals surface area contributed by atoms with E-state index in [1.165, 1.54) is 0 Å². The second-order valence-corrected chi connectivity index (χ2v) is 6.27. The van der Waals surface area contributed by atoms with Gasteiger partial charge in [0.15, 0.2) is 0 Å². The summed E-state index contributed by atoms with van der Waals surface area (Å²) < 4.78 is 5.48. The summed E-state index contributed by atoms with van der Waals surface area (Å²) in [5.74, 6) is 0.672. The van der Waals surface area contributed by atoms with Crippen molar-refractivity contribution in [3.8, 4) is 5.75 Å². The van der Waals surface area contributed by atoms with E-state index in [1.54, 1.807) is 11.9 Å². The molecule has 0 fully saturated rings. The standard InChI is InChI=1S/C16H26N2O3/c1-16(2,3)17-15(20)11-18(4)10-13(19)12-21-14-8-6-5-7-9-14/h5-9,13,19H,10-12H2,1-4H3,(H,17,20). The molecule has 21 heavy (non-hydrogen) atoms. The third kappa shape index (κ3) is 8.32. The van der Waals surface area contributed by atoms with Gasteiger partial charge in [0, 0.05) is 12.1 Å². The summed E-state index contributed by atoms with van der Waals surface area (Å²) >= 11 is 0. The van der Waals surface area contributed by atoms with Crippen LogP contribution in [0.5, 0.6) is 5.75 Å². The Morgan fingerprint density at radius 2 is 1.95 bits per heavy atom. The van der Waals surface area contributed by atoms with Crippen LogP contribution in [0.15, 0.2) is 30.3 Å². The number of benzene rings is 1. The summed E-state index contributed by atoms with van der Waals surface area (Å²) in [6, 6.07) is 9.35. The summed E-state index contributed by atoms with van der Waals surface area (Å²) in [6.07, 6.45) is -0.641. The van der Waals surface area contributed by atoms with Gasteiger partial charge in [-0.05, 0) is 40.0 Å². The van der Waals surface area contributed by atoms with Crippen molar-refractivity contribution in [3.05, 3.63) is 30.3 Å². The van der Waals surface area contributed by atoms with Gasteiger partial charge in [-0.3, -0.25) is 9.69 Å². The van der Waals surface area contributed by atoms with E-state index in [-0.39, 0.29) is 24.6 Å². The lowest BCUT2D eigenvalue weighted by molar-refractivity contribution is -0.123. The Balaban J connectivity index is 2.27. The molecule has 1 amide bonds. The molecule has 0 radical (unpaired) electrons. The summed E-state index contributed by atoms with van der Waals surface area (Å²) in [7, 11) is 1.80. The van der Waals surface area contributed by atoms with Crippen LogP contribution < -0.4 is 10.1 Å². The average molecular weight is 294 g/mol. The third-order valence-electron chi connectivity index (χ3n) is 2.64. The van der Waals surface area contributed by atoms with Crippen molar-refractivity contribution >= 4 is 5.91 Å². The molecule has 1 unspecified atom stereocenters. The molecule has 118 valence electrons. The van der Waals surface area contributed by atoms with Gasteiger partial charge in [0.1, 0.15) is 18.5 Å². The minimum absolute atomic E-state index is 0.0545. The van der Waals surface area contributed by atoms with Crippen molar-refractivity contribution in [1.82, 2.24) is 10.2 Å². The number of nitrogens with zero attached hydrogens (tertiary/aromatic N) is 1. The smallest absolute Gasteiger partial charge is 0.234 e. The fourth-order valence-corrected chi connectivity index (χ4v) is 1.89.